The molecule has 6 nitrogen and oxygen atoms in total. The zero-order chi connectivity index (χ0) is 16.2. The van der Waals surface area contributed by atoms with Gasteiger partial charge < -0.3 is 20.9 Å². The van der Waals surface area contributed by atoms with Gasteiger partial charge in [0, 0.05) is 15.3 Å². The van der Waals surface area contributed by atoms with Crippen molar-refractivity contribution in [1.82, 2.24) is 5.32 Å². The summed E-state index contributed by atoms with van der Waals surface area (Å²) in [5.41, 5.74) is 5.26. The second-order valence-corrected chi connectivity index (χ2v) is 5.91. The maximum atomic E-state index is 12.4. The third kappa shape index (κ3) is 3.99. The highest BCUT2D eigenvalue weighted by Gasteiger charge is 2.33. The molecule has 21 heavy (non-hydrogen) atoms. The lowest BCUT2D eigenvalue weighted by Crippen LogP contribution is -2.51. The Labute approximate surface area is 137 Å². The molecule has 1 amide bonds. The smallest absolute Gasteiger partial charge is 0.329 e. The van der Waals surface area contributed by atoms with Crippen molar-refractivity contribution in [1.29, 1.82) is 0 Å². The SMILES string of the molecule is CCOc1cc(N)c(I)cc1C(=O)N[C@](C)(CC)C(=O)O. The van der Waals surface area contributed by atoms with Gasteiger partial charge in [-0.25, -0.2) is 4.79 Å². The van der Waals surface area contributed by atoms with Crippen LogP contribution in [0.15, 0.2) is 12.1 Å². The van der Waals surface area contributed by atoms with Crippen LogP contribution in [0.5, 0.6) is 5.75 Å². The number of ether oxygens (including phenoxy) is 1. The fourth-order valence-corrected chi connectivity index (χ4v) is 2.10. The number of carbonyl (C=O) groups is 2. The molecule has 1 aromatic rings. The Balaban J connectivity index is 3.17. The first-order chi connectivity index (χ1) is 9.75. The summed E-state index contributed by atoms with van der Waals surface area (Å²) in [4.78, 5) is 23.7. The first kappa shape index (κ1) is 17.5. The number of carboxylic acid groups (broad SMARTS) is 1. The third-order valence-electron chi connectivity index (χ3n) is 3.21. The van der Waals surface area contributed by atoms with Crippen molar-refractivity contribution in [3.05, 3.63) is 21.3 Å². The Morgan fingerprint density at radius 3 is 2.52 bits per heavy atom. The van der Waals surface area contributed by atoms with Crippen LogP contribution in [0.4, 0.5) is 5.69 Å². The predicted octanol–water partition coefficient (Wildman–Crippen LogP) is 2.26. The summed E-state index contributed by atoms with van der Waals surface area (Å²) >= 11 is 2.01. The molecule has 116 valence electrons. The Hall–Kier alpha value is -1.51. The van der Waals surface area contributed by atoms with Gasteiger partial charge in [0.1, 0.15) is 11.3 Å². The van der Waals surface area contributed by atoms with Gasteiger partial charge in [-0.15, -0.1) is 0 Å². The first-order valence-electron chi connectivity index (χ1n) is 6.52. The minimum atomic E-state index is -1.33. The molecule has 0 saturated heterocycles. The predicted molar refractivity (Wildman–Crippen MR) is 88.5 cm³/mol. The van der Waals surface area contributed by atoms with E-state index in [1.54, 1.807) is 26.0 Å². The number of hydrogen-bond donors (Lipinski definition) is 3. The number of nitrogens with one attached hydrogen (secondary N) is 1. The Morgan fingerprint density at radius 2 is 2.05 bits per heavy atom. The second kappa shape index (κ2) is 6.97. The van der Waals surface area contributed by atoms with Gasteiger partial charge in [0.2, 0.25) is 0 Å². The van der Waals surface area contributed by atoms with Crippen LogP contribution < -0.4 is 15.8 Å². The van der Waals surface area contributed by atoms with Crippen molar-refractivity contribution >= 4 is 40.2 Å². The highest BCUT2D eigenvalue weighted by molar-refractivity contribution is 14.1. The summed E-state index contributed by atoms with van der Waals surface area (Å²) < 4.78 is 6.11. The van der Waals surface area contributed by atoms with Crippen LogP contribution in [0.3, 0.4) is 0 Å². The maximum Gasteiger partial charge on any atom is 0.329 e. The molecular weight excluding hydrogens is 387 g/mol. The number of hydrogen-bond acceptors (Lipinski definition) is 4. The molecule has 0 saturated carbocycles. The van der Waals surface area contributed by atoms with E-state index in [0.29, 0.717) is 21.6 Å². The monoisotopic (exact) mass is 406 g/mol. The van der Waals surface area contributed by atoms with Gasteiger partial charge in [-0.3, -0.25) is 4.79 Å². The zero-order valence-corrected chi connectivity index (χ0v) is 14.4. The van der Waals surface area contributed by atoms with E-state index in [9.17, 15) is 14.7 Å². The number of carbonyl (C=O) groups excluding carboxylic acids is 1. The van der Waals surface area contributed by atoms with E-state index in [2.05, 4.69) is 5.32 Å². The van der Waals surface area contributed by atoms with Gasteiger partial charge in [-0.05, 0) is 48.9 Å². The summed E-state index contributed by atoms with van der Waals surface area (Å²) in [5, 5.41) is 11.8. The van der Waals surface area contributed by atoms with Crippen LogP contribution >= 0.6 is 22.6 Å². The molecule has 7 heteroatoms. The molecular formula is C14H19IN2O4. The lowest BCUT2D eigenvalue weighted by Gasteiger charge is -2.25. The van der Waals surface area contributed by atoms with Crippen LogP contribution in [0.2, 0.25) is 0 Å². The molecule has 0 radical (unpaired) electrons. The largest absolute Gasteiger partial charge is 0.493 e. The second-order valence-electron chi connectivity index (χ2n) is 4.75. The van der Waals surface area contributed by atoms with Crippen molar-refractivity contribution in [2.45, 2.75) is 32.7 Å². The van der Waals surface area contributed by atoms with Crippen molar-refractivity contribution in [2.24, 2.45) is 0 Å². The molecule has 0 fully saturated rings. The van der Waals surface area contributed by atoms with Gasteiger partial charge in [-0.2, -0.15) is 0 Å². The van der Waals surface area contributed by atoms with E-state index in [0.717, 1.165) is 0 Å². The van der Waals surface area contributed by atoms with Gasteiger partial charge in [0.25, 0.3) is 5.91 Å². The molecule has 0 aliphatic heterocycles. The fourth-order valence-electron chi connectivity index (χ4n) is 1.63. The highest BCUT2D eigenvalue weighted by Crippen LogP contribution is 2.27. The maximum absolute atomic E-state index is 12.4. The Bertz CT molecular complexity index is 562. The number of rotatable bonds is 6. The number of aliphatic carboxylic acids is 1. The fraction of sp³-hybridized carbons (Fsp3) is 0.429. The lowest BCUT2D eigenvalue weighted by atomic mass is 9.98. The van der Waals surface area contributed by atoms with Crippen molar-refractivity contribution < 1.29 is 19.4 Å². The molecule has 1 atom stereocenters. The molecule has 0 aliphatic rings. The van der Waals surface area contributed by atoms with Crippen LogP contribution in [0.25, 0.3) is 0 Å². The standard InChI is InChI=1S/C14H19IN2O4/c1-4-14(3,13(19)20)17-12(18)8-6-9(15)10(16)7-11(8)21-5-2/h6-7H,4-5,16H2,1-3H3,(H,17,18)(H,19,20)/t14-/m1/s1. The third-order valence-corrected chi connectivity index (χ3v) is 4.15. The highest BCUT2D eigenvalue weighted by atomic mass is 127. The molecule has 0 spiro atoms. The minimum Gasteiger partial charge on any atom is -0.493 e. The summed E-state index contributed by atoms with van der Waals surface area (Å²) in [5.74, 6) is -1.23. The van der Waals surface area contributed by atoms with Crippen LogP contribution in [-0.2, 0) is 4.79 Å². The Kier molecular flexibility index (Phi) is 5.82. The van der Waals surface area contributed by atoms with Crippen molar-refractivity contribution in [3.63, 3.8) is 0 Å². The number of anilines is 1. The molecule has 4 N–H and O–H groups in total. The summed E-state index contributed by atoms with van der Waals surface area (Å²) in [6.45, 7) is 5.34. The van der Waals surface area contributed by atoms with Gasteiger partial charge in [0.05, 0.1) is 12.2 Å². The van der Waals surface area contributed by atoms with E-state index in [4.69, 9.17) is 10.5 Å². The molecule has 0 aromatic heterocycles. The minimum absolute atomic E-state index is 0.268. The normalized spacial score (nSPS) is 13.3. The van der Waals surface area contributed by atoms with Crippen LogP contribution in [0.1, 0.15) is 37.6 Å². The number of nitrogen functional groups attached to an aromatic ring is 1. The Morgan fingerprint density at radius 1 is 1.43 bits per heavy atom. The summed E-state index contributed by atoms with van der Waals surface area (Å²) in [6.07, 6.45) is 0.268. The summed E-state index contributed by atoms with van der Waals surface area (Å²) in [7, 11) is 0. The van der Waals surface area contributed by atoms with Gasteiger partial charge in [0.15, 0.2) is 0 Å². The number of benzene rings is 1. The topological polar surface area (TPSA) is 102 Å². The van der Waals surface area contributed by atoms with Crippen LogP contribution in [0, 0.1) is 3.57 Å². The van der Waals surface area contributed by atoms with E-state index < -0.39 is 17.4 Å². The quantitative estimate of drug-likeness (QED) is 0.497. The van der Waals surface area contributed by atoms with E-state index in [1.807, 2.05) is 22.6 Å². The molecule has 0 unspecified atom stereocenters. The van der Waals surface area contributed by atoms with Gasteiger partial charge >= 0.3 is 5.97 Å². The van der Waals surface area contributed by atoms with E-state index in [1.165, 1.54) is 6.92 Å². The average Bonchev–Trinajstić information content (AvgIpc) is 2.42. The number of nitrogens with two attached hydrogens (primary N) is 1. The number of amides is 1. The molecule has 0 aliphatic carbocycles. The first-order valence-corrected chi connectivity index (χ1v) is 7.60. The molecule has 0 heterocycles. The van der Waals surface area contributed by atoms with Crippen LogP contribution in [-0.4, -0.2) is 29.1 Å². The van der Waals surface area contributed by atoms with Crippen molar-refractivity contribution in [3.8, 4) is 5.75 Å². The molecule has 1 rings (SSSR count). The number of carboxylic acids is 1. The van der Waals surface area contributed by atoms with E-state index in [-0.39, 0.29) is 12.0 Å². The number of halogens is 1. The average molecular weight is 406 g/mol. The lowest BCUT2D eigenvalue weighted by molar-refractivity contribution is -0.143. The molecule has 0 bridgehead atoms. The zero-order valence-electron chi connectivity index (χ0n) is 12.2. The van der Waals surface area contributed by atoms with Gasteiger partial charge in [-0.1, -0.05) is 6.92 Å². The van der Waals surface area contributed by atoms with Crippen molar-refractivity contribution in [2.75, 3.05) is 12.3 Å². The summed E-state index contributed by atoms with van der Waals surface area (Å²) in [6, 6.07) is 3.17. The van der Waals surface area contributed by atoms with E-state index >= 15 is 0 Å². The molecule has 1 aromatic carbocycles.